The van der Waals surface area contributed by atoms with Gasteiger partial charge in [0.25, 0.3) is 0 Å². The average Bonchev–Trinajstić information content (AvgIpc) is 2.47. The van der Waals surface area contributed by atoms with Gasteiger partial charge in [-0.25, -0.2) is 0 Å². The van der Waals surface area contributed by atoms with E-state index in [0.717, 1.165) is 5.75 Å². The van der Waals surface area contributed by atoms with Crippen LogP contribution in [0.25, 0.3) is 0 Å². The van der Waals surface area contributed by atoms with E-state index in [1.807, 2.05) is 6.07 Å². The normalized spacial score (nSPS) is 11.7. The third-order valence-corrected chi connectivity index (χ3v) is 4.09. The molecule has 0 spiro atoms. The van der Waals surface area contributed by atoms with Crippen LogP contribution in [0.4, 0.5) is 0 Å². The van der Waals surface area contributed by atoms with E-state index in [-0.39, 0.29) is 5.41 Å². The quantitative estimate of drug-likeness (QED) is 0.745. The van der Waals surface area contributed by atoms with Crippen molar-refractivity contribution >= 4 is 0 Å². The molecule has 0 aliphatic heterocycles. The van der Waals surface area contributed by atoms with Gasteiger partial charge in [-0.05, 0) is 34.7 Å². The number of rotatable bonds is 4. The SMILES string of the molecule is COc1cccc(C(C)(C)c2ccc(C(C)C)cc2)c1. The van der Waals surface area contributed by atoms with E-state index in [9.17, 15) is 0 Å². The van der Waals surface area contributed by atoms with E-state index in [2.05, 4.69) is 70.2 Å². The Morgan fingerprint density at radius 2 is 1.55 bits per heavy atom. The second-order valence-corrected chi connectivity index (χ2v) is 6.13. The molecule has 0 radical (unpaired) electrons. The Kier molecular flexibility index (Phi) is 4.17. The molecule has 0 heterocycles. The number of ether oxygens (including phenoxy) is 1. The first-order chi connectivity index (χ1) is 9.45. The minimum atomic E-state index is -0.0238. The van der Waals surface area contributed by atoms with Crippen LogP contribution in [0, 0.1) is 0 Å². The second kappa shape index (κ2) is 5.70. The highest BCUT2D eigenvalue weighted by Crippen LogP contribution is 2.33. The number of methoxy groups -OCH3 is 1. The zero-order valence-corrected chi connectivity index (χ0v) is 13.1. The fraction of sp³-hybridized carbons (Fsp3) is 0.368. The Bertz CT molecular complexity index is 565. The predicted octanol–water partition coefficient (Wildman–Crippen LogP) is 5.14. The Morgan fingerprint density at radius 3 is 2.10 bits per heavy atom. The van der Waals surface area contributed by atoms with Crippen molar-refractivity contribution in [3.63, 3.8) is 0 Å². The van der Waals surface area contributed by atoms with Crippen molar-refractivity contribution in [2.75, 3.05) is 7.11 Å². The summed E-state index contributed by atoms with van der Waals surface area (Å²) in [7, 11) is 1.71. The van der Waals surface area contributed by atoms with Crippen LogP contribution >= 0.6 is 0 Å². The molecule has 1 nitrogen and oxygen atoms in total. The zero-order valence-electron chi connectivity index (χ0n) is 13.1. The third-order valence-electron chi connectivity index (χ3n) is 4.09. The fourth-order valence-corrected chi connectivity index (χ4v) is 2.46. The fourth-order valence-electron chi connectivity index (χ4n) is 2.46. The van der Waals surface area contributed by atoms with Crippen LogP contribution in [-0.2, 0) is 5.41 Å². The highest BCUT2D eigenvalue weighted by molar-refractivity contribution is 5.42. The summed E-state index contributed by atoms with van der Waals surface area (Å²) in [5, 5.41) is 0. The van der Waals surface area contributed by atoms with Crippen molar-refractivity contribution in [1.29, 1.82) is 0 Å². The molecule has 0 atom stereocenters. The average molecular weight is 268 g/mol. The maximum absolute atomic E-state index is 5.34. The molecule has 0 fully saturated rings. The molecule has 0 aliphatic rings. The van der Waals surface area contributed by atoms with Crippen LogP contribution in [0.5, 0.6) is 5.75 Å². The summed E-state index contributed by atoms with van der Waals surface area (Å²) < 4.78 is 5.34. The second-order valence-electron chi connectivity index (χ2n) is 6.13. The van der Waals surface area contributed by atoms with Gasteiger partial charge in [-0.2, -0.15) is 0 Å². The van der Waals surface area contributed by atoms with Gasteiger partial charge in [-0.3, -0.25) is 0 Å². The molecule has 106 valence electrons. The maximum atomic E-state index is 5.34. The topological polar surface area (TPSA) is 9.23 Å². The van der Waals surface area contributed by atoms with Gasteiger partial charge in [-0.1, -0.05) is 64.1 Å². The first kappa shape index (κ1) is 14.6. The maximum Gasteiger partial charge on any atom is 0.119 e. The van der Waals surface area contributed by atoms with Gasteiger partial charge >= 0.3 is 0 Å². The first-order valence-corrected chi connectivity index (χ1v) is 7.20. The first-order valence-electron chi connectivity index (χ1n) is 7.20. The van der Waals surface area contributed by atoms with E-state index in [1.165, 1.54) is 16.7 Å². The van der Waals surface area contributed by atoms with Crippen LogP contribution in [-0.4, -0.2) is 7.11 Å². The van der Waals surface area contributed by atoms with Gasteiger partial charge in [0.15, 0.2) is 0 Å². The van der Waals surface area contributed by atoms with Crippen LogP contribution < -0.4 is 4.74 Å². The van der Waals surface area contributed by atoms with Crippen molar-refractivity contribution in [2.24, 2.45) is 0 Å². The lowest BCUT2D eigenvalue weighted by Crippen LogP contribution is -2.18. The summed E-state index contributed by atoms with van der Waals surface area (Å²) in [6.45, 7) is 8.96. The van der Waals surface area contributed by atoms with E-state index in [4.69, 9.17) is 4.74 Å². The summed E-state index contributed by atoms with van der Waals surface area (Å²) in [6, 6.07) is 17.3. The molecule has 0 unspecified atom stereocenters. The van der Waals surface area contributed by atoms with Crippen LogP contribution in [0.3, 0.4) is 0 Å². The van der Waals surface area contributed by atoms with Gasteiger partial charge in [-0.15, -0.1) is 0 Å². The molecule has 20 heavy (non-hydrogen) atoms. The Balaban J connectivity index is 2.37. The Morgan fingerprint density at radius 1 is 0.900 bits per heavy atom. The van der Waals surface area contributed by atoms with Gasteiger partial charge in [0.1, 0.15) is 5.75 Å². The van der Waals surface area contributed by atoms with E-state index >= 15 is 0 Å². The molecule has 1 heteroatoms. The van der Waals surface area contributed by atoms with Crippen molar-refractivity contribution < 1.29 is 4.74 Å². The van der Waals surface area contributed by atoms with Crippen molar-refractivity contribution in [3.8, 4) is 5.75 Å². The van der Waals surface area contributed by atoms with E-state index in [1.54, 1.807) is 7.11 Å². The molecule has 2 aromatic rings. The monoisotopic (exact) mass is 268 g/mol. The molecule has 2 rings (SSSR count). The summed E-state index contributed by atoms with van der Waals surface area (Å²) in [4.78, 5) is 0. The lowest BCUT2D eigenvalue weighted by atomic mass is 9.77. The minimum absolute atomic E-state index is 0.0238. The minimum Gasteiger partial charge on any atom is -0.497 e. The summed E-state index contributed by atoms with van der Waals surface area (Å²) in [6.07, 6.45) is 0. The molecule has 0 bridgehead atoms. The summed E-state index contributed by atoms with van der Waals surface area (Å²) >= 11 is 0. The molecule has 0 aromatic heterocycles. The molecular weight excluding hydrogens is 244 g/mol. The highest BCUT2D eigenvalue weighted by atomic mass is 16.5. The van der Waals surface area contributed by atoms with Crippen molar-refractivity contribution in [3.05, 3.63) is 65.2 Å². The molecule has 0 amide bonds. The lowest BCUT2D eigenvalue weighted by molar-refractivity contribution is 0.413. The lowest BCUT2D eigenvalue weighted by Gasteiger charge is -2.27. The van der Waals surface area contributed by atoms with Crippen molar-refractivity contribution in [2.45, 2.75) is 39.0 Å². The largest absolute Gasteiger partial charge is 0.497 e. The van der Waals surface area contributed by atoms with E-state index < -0.39 is 0 Å². The highest BCUT2D eigenvalue weighted by Gasteiger charge is 2.23. The molecule has 0 N–H and O–H groups in total. The van der Waals surface area contributed by atoms with Gasteiger partial charge in [0.2, 0.25) is 0 Å². The third kappa shape index (κ3) is 2.87. The number of benzene rings is 2. The summed E-state index contributed by atoms with van der Waals surface area (Å²) in [5.74, 6) is 1.48. The van der Waals surface area contributed by atoms with Crippen LogP contribution in [0.1, 0.15) is 50.3 Å². The molecule has 0 saturated carbocycles. The van der Waals surface area contributed by atoms with Crippen molar-refractivity contribution in [1.82, 2.24) is 0 Å². The Hall–Kier alpha value is -1.76. The summed E-state index contributed by atoms with van der Waals surface area (Å²) in [5.41, 5.74) is 3.96. The number of hydrogen-bond donors (Lipinski definition) is 0. The molecule has 2 aromatic carbocycles. The Labute approximate surface area is 122 Å². The van der Waals surface area contributed by atoms with Gasteiger partial charge in [0.05, 0.1) is 7.11 Å². The van der Waals surface area contributed by atoms with Crippen LogP contribution in [0.2, 0.25) is 0 Å². The molecular formula is C19H24O. The van der Waals surface area contributed by atoms with E-state index in [0.29, 0.717) is 5.92 Å². The van der Waals surface area contributed by atoms with Crippen LogP contribution in [0.15, 0.2) is 48.5 Å². The smallest absolute Gasteiger partial charge is 0.119 e. The zero-order chi connectivity index (χ0) is 14.8. The predicted molar refractivity (Wildman–Crippen MR) is 85.7 cm³/mol. The van der Waals surface area contributed by atoms with Gasteiger partial charge in [0, 0.05) is 5.41 Å². The molecule has 0 aliphatic carbocycles. The molecule has 0 saturated heterocycles. The van der Waals surface area contributed by atoms with Gasteiger partial charge < -0.3 is 4.74 Å². The standard InChI is InChI=1S/C19H24O/c1-14(2)15-9-11-16(12-10-15)19(3,4)17-7-6-8-18(13-17)20-5/h6-14H,1-5H3. The number of hydrogen-bond acceptors (Lipinski definition) is 1.